The number of carbonyl (C=O) groups excluding carboxylic acids is 2. The van der Waals surface area contributed by atoms with Gasteiger partial charge in [0.1, 0.15) is 5.69 Å². The van der Waals surface area contributed by atoms with E-state index >= 15 is 0 Å². The first-order valence-corrected chi connectivity index (χ1v) is 8.90. The van der Waals surface area contributed by atoms with Crippen LogP contribution < -0.4 is 0 Å². The van der Waals surface area contributed by atoms with E-state index in [1.807, 2.05) is 42.5 Å². The van der Waals surface area contributed by atoms with Gasteiger partial charge < -0.3 is 0 Å². The number of hydrogen-bond donors (Lipinski definition) is 0. The van der Waals surface area contributed by atoms with Crippen LogP contribution in [0.4, 0.5) is 0 Å². The average molecular weight is 362 g/mol. The summed E-state index contributed by atoms with van der Waals surface area (Å²) < 4.78 is 0. The molecule has 1 aromatic heterocycles. The van der Waals surface area contributed by atoms with Gasteiger partial charge >= 0.3 is 0 Å². The molecule has 3 nitrogen and oxygen atoms in total. The molecule has 3 heteroatoms. The smallest absolute Gasteiger partial charge is 0.212 e. The molecule has 0 atom stereocenters. The quantitative estimate of drug-likeness (QED) is 0.469. The van der Waals surface area contributed by atoms with Gasteiger partial charge in [0.25, 0.3) is 0 Å². The summed E-state index contributed by atoms with van der Waals surface area (Å²) >= 11 is 0. The highest BCUT2D eigenvalue weighted by Crippen LogP contribution is 2.26. The van der Waals surface area contributed by atoms with Crippen LogP contribution in [-0.4, -0.2) is 16.6 Å². The van der Waals surface area contributed by atoms with Crippen LogP contribution in [0.25, 0.3) is 11.1 Å². The van der Waals surface area contributed by atoms with Crippen molar-refractivity contribution in [3.05, 3.63) is 126 Å². The molecular weight excluding hydrogens is 346 g/mol. The molecule has 1 radical (unpaired) electrons. The van der Waals surface area contributed by atoms with Gasteiger partial charge in [-0.25, -0.2) is 0 Å². The van der Waals surface area contributed by atoms with E-state index < -0.39 is 0 Å². The highest BCUT2D eigenvalue weighted by atomic mass is 16.1. The summed E-state index contributed by atoms with van der Waals surface area (Å²) in [4.78, 5) is 29.6. The molecule has 1 heterocycles. The SMILES string of the molecule is O=C(c1ccccc1)c1ccc(-c2ccc[c]c2C(=O)c2ccccn2)cc1. The third kappa shape index (κ3) is 3.51. The third-order valence-electron chi connectivity index (χ3n) is 4.47. The molecule has 133 valence electrons. The van der Waals surface area contributed by atoms with Crippen molar-refractivity contribution in [1.82, 2.24) is 4.98 Å². The molecule has 0 bridgehead atoms. The molecule has 0 spiro atoms. The summed E-state index contributed by atoms with van der Waals surface area (Å²) in [5.41, 5.74) is 3.70. The van der Waals surface area contributed by atoms with Gasteiger partial charge in [0, 0.05) is 22.9 Å². The Balaban J connectivity index is 1.67. The Labute approximate surface area is 163 Å². The number of hydrogen-bond acceptors (Lipinski definition) is 3. The van der Waals surface area contributed by atoms with Gasteiger partial charge in [0.05, 0.1) is 0 Å². The summed E-state index contributed by atoms with van der Waals surface area (Å²) in [6.45, 7) is 0. The molecule has 0 aliphatic carbocycles. The van der Waals surface area contributed by atoms with E-state index in [0.717, 1.165) is 11.1 Å². The van der Waals surface area contributed by atoms with Crippen LogP contribution in [0.1, 0.15) is 32.0 Å². The monoisotopic (exact) mass is 362 g/mol. The van der Waals surface area contributed by atoms with Gasteiger partial charge in [-0.3, -0.25) is 14.6 Å². The van der Waals surface area contributed by atoms with Gasteiger partial charge in [0.2, 0.25) is 5.78 Å². The summed E-state index contributed by atoms with van der Waals surface area (Å²) in [6, 6.07) is 30.2. The molecule has 0 amide bonds. The molecule has 0 aliphatic heterocycles. The number of aromatic nitrogens is 1. The molecule has 0 saturated heterocycles. The van der Waals surface area contributed by atoms with Crippen molar-refractivity contribution in [3.63, 3.8) is 0 Å². The Morgan fingerprint density at radius 1 is 0.679 bits per heavy atom. The predicted octanol–water partition coefficient (Wildman–Crippen LogP) is 5.01. The van der Waals surface area contributed by atoms with E-state index in [2.05, 4.69) is 11.1 Å². The first kappa shape index (κ1) is 17.6. The number of benzene rings is 3. The van der Waals surface area contributed by atoms with Crippen molar-refractivity contribution in [2.24, 2.45) is 0 Å². The molecule has 0 aliphatic rings. The minimum atomic E-state index is -0.180. The Bertz CT molecular complexity index is 1120. The zero-order valence-electron chi connectivity index (χ0n) is 15.0. The summed E-state index contributed by atoms with van der Waals surface area (Å²) in [5, 5.41) is 0. The van der Waals surface area contributed by atoms with Crippen LogP contribution >= 0.6 is 0 Å². The average Bonchev–Trinajstić information content (AvgIpc) is 2.79. The Morgan fingerprint density at radius 2 is 1.39 bits per heavy atom. The lowest BCUT2D eigenvalue weighted by Crippen LogP contribution is -2.06. The van der Waals surface area contributed by atoms with Crippen molar-refractivity contribution < 1.29 is 9.59 Å². The molecular formula is C25H16NO2. The highest BCUT2D eigenvalue weighted by molar-refractivity contribution is 6.12. The van der Waals surface area contributed by atoms with Crippen molar-refractivity contribution in [2.75, 3.05) is 0 Å². The van der Waals surface area contributed by atoms with E-state index in [0.29, 0.717) is 22.4 Å². The second-order valence-corrected chi connectivity index (χ2v) is 6.28. The lowest BCUT2D eigenvalue weighted by molar-refractivity contribution is 0.102. The predicted molar refractivity (Wildman–Crippen MR) is 108 cm³/mol. The molecule has 3 aromatic carbocycles. The van der Waals surface area contributed by atoms with E-state index in [4.69, 9.17) is 0 Å². The van der Waals surface area contributed by atoms with Crippen LogP contribution in [0.3, 0.4) is 0 Å². The second-order valence-electron chi connectivity index (χ2n) is 6.28. The maximum Gasteiger partial charge on any atom is 0.212 e. The first-order valence-electron chi connectivity index (χ1n) is 8.90. The number of nitrogens with zero attached hydrogens (tertiary/aromatic N) is 1. The molecule has 0 N–H and O–H groups in total. The third-order valence-corrected chi connectivity index (χ3v) is 4.47. The van der Waals surface area contributed by atoms with Gasteiger partial charge in [-0.15, -0.1) is 0 Å². The first-order chi connectivity index (χ1) is 13.7. The minimum absolute atomic E-state index is 0.0310. The zero-order valence-corrected chi connectivity index (χ0v) is 15.0. The maximum absolute atomic E-state index is 12.9. The zero-order chi connectivity index (χ0) is 19.3. The highest BCUT2D eigenvalue weighted by Gasteiger charge is 2.16. The lowest BCUT2D eigenvalue weighted by Gasteiger charge is -2.09. The fourth-order valence-corrected chi connectivity index (χ4v) is 3.05. The number of carbonyl (C=O) groups is 2. The topological polar surface area (TPSA) is 47.0 Å². The summed E-state index contributed by atoms with van der Waals surface area (Å²) in [6.07, 6.45) is 1.60. The summed E-state index contributed by atoms with van der Waals surface area (Å²) in [7, 11) is 0. The van der Waals surface area contributed by atoms with Gasteiger partial charge in [0.15, 0.2) is 5.78 Å². The van der Waals surface area contributed by atoms with E-state index in [1.54, 1.807) is 54.7 Å². The normalized spacial score (nSPS) is 10.4. The Morgan fingerprint density at radius 3 is 2.11 bits per heavy atom. The lowest BCUT2D eigenvalue weighted by atomic mass is 9.94. The standard InChI is InChI=1S/C25H16NO2/c27-24(19-8-2-1-3-9-19)20-15-13-18(14-16-20)21-10-4-5-11-22(21)25(28)23-12-6-7-17-26-23/h1-10,12-17H. The molecule has 0 saturated carbocycles. The van der Waals surface area contributed by atoms with Crippen LogP contribution in [0.2, 0.25) is 0 Å². The van der Waals surface area contributed by atoms with Crippen LogP contribution in [0.5, 0.6) is 0 Å². The molecule has 28 heavy (non-hydrogen) atoms. The van der Waals surface area contributed by atoms with Crippen LogP contribution in [-0.2, 0) is 0 Å². The van der Waals surface area contributed by atoms with Crippen LogP contribution in [0, 0.1) is 6.07 Å². The Hall–Kier alpha value is -3.85. The summed E-state index contributed by atoms with van der Waals surface area (Å²) in [5.74, 6) is -0.211. The Kier molecular flexibility index (Phi) is 4.89. The van der Waals surface area contributed by atoms with Crippen molar-refractivity contribution in [2.45, 2.75) is 0 Å². The maximum atomic E-state index is 12.9. The van der Waals surface area contributed by atoms with E-state index in [9.17, 15) is 9.59 Å². The fourth-order valence-electron chi connectivity index (χ4n) is 3.05. The van der Waals surface area contributed by atoms with Gasteiger partial charge in [-0.05, 0) is 29.3 Å². The number of pyridine rings is 1. The fraction of sp³-hybridized carbons (Fsp3) is 0. The van der Waals surface area contributed by atoms with Crippen molar-refractivity contribution in [1.29, 1.82) is 0 Å². The molecule has 4 aromatic rings. The molecule has 0 unspecified atom stereocenters. The van der Waals surface area contributed by atoms with E-state index in [1.165, 1.54) is 0 Å². The molecule has 4 rings (SSSR count). The molecule has 0 fully saturated rings. The second kappa shape index (κ2) is 7.80. The number of ketones is 2. The van der Waals surface area contributed by atoms with Crippen LogP contribution in [0.15, 0.2) is 97.2 Å². The largest absolute Gasteiger partial charge is 0.289 e. The van der Waals surface area contributed by atoms with Crippen molar-refractivity contribution >= 4 is 11.6 Å². The van der Waals surface area contributed by atoms with Gasteiger partial charge in [-0.2, -0.15) is 0 Å². The van der Waals surface area contributed by atoms with Crippen molar-refractivity contribution in [3.8, 4) is 11.1 Å². The van der Waals surface area contributed by atoms with Gasteiger partial charge in [-0.1, -0.05) is 78.9 Å². The van der Waals surface area contributed by atoms with E-state index in [-0.39, 0.29) is 11.6 Å². The minimum Gasteiger partial charge on any atom is -0.289 e. The number of rotatable bonds is 5.